The summed E-state index contributed by atoms with van der Waals surface area (Å²) in [6, 6.07) is 14.1. The molecule has 0 saturated heterocycles. The Labute approximate surface area is 256 Å². The molecule has 0 unspecified atom stereocenters. The zero-order chi connectivity index (χ0) is 31.8. The molecule has 1 aliphatic heterocycles. The number of anilines is 1. The summed E-state index contributed by atoms with van der Waals surface area (Å²) in [5.74, 6) is 0.564. The largest absolute Gasteiger partial charge is 0.506 e. The van der Waals surface area contributed by atoms with Crippen LogP contribution in [0.4, 0.5) is 18.9 Å². The number of unbranched alkanes of at least 4 members (excludes halogenated alkanes) is 2. The lowest BCUT2D eigenvalue weighted by molar-refractivity contribution is -0.156. The van der Waals surface area contributed by atoms with Crippen LogP contribution in [-0.2, 0) is 32.0 Å². The fourth-order valence-corrected chi connectivity index (χ4v) is 5.51. The number of alkyl halides is 3. The number of ether oxygens (including phenoxy) is 2. The van der Waals surface area contributed by atoms with Crippen molar-refractivity contribution >= 4 is 23.8 Å². The Morgan fingerprint density at radius 1 is 1.00 bits per heavy atom. The van der Waals surface area contributed by atoms with Crippen LogP contribution in [0.15, 0.2) is 42.5 Å². The lowest BCUT2D eigenvalue weighted by atomic mass is 10.0. The molecule has 8 nitrogen and oxygen atoms in total. The van der Waals surface area contributed by atoms with E-state index in [4.69, 9.17) is 14.3 Å². The maximum atomic E-state index is 13.3. The van der Waals surface area contributed by atoms with E-state index in [0.29, 0.717) is 37.1 Å². The number of hydrogen-bond acceptors (Lipinski definition) is 6. The van der Waals surface area contributed by atoms with E-state index in [1.807, 2.05) is 24.3 Å². The van der Waals surface area contributed by atoms with Crippen LogP contribution in [0.2, 0.25) is 0 Å². The number of phenols is 1. The summed E-state index contributed by atoms with van der Waals surface area (Å²) in [6.45, 7) is 1.86. The highest BCUT2D eigenvalue weighted by atomic mass is 19.4. The smallest absolute Gasteiger partial charge is 0.446 e. The third-order valence-corrected chi connectivity index (χ3v) is 7.73. The first-order valence-corrected chi connectivity index (χ1v) is 15.4. The number of benzene rings is 2. The minimum absolute atomic E-state index is 0.0263. The molecule has 0 radical (unpaired) electrons. The van der Waals surface area contributed by atoms with Crippen molar-refractivity contribution in [1.82, 2.24) is 4.90 Å². The number of halogens is 3. The van der Waals surface area contributed by atoms with Gasteiger partial charge in [0.05, 0.1) is 19.6 Å². The van der Waals surface area contributed by atoms with E-state index in [9.17, 15) is 27.9 Å². The second-order valence-corrected chi connectivity index (χ2v) is 11.1. The fourth-order valence-electron chi connectivity index (χ4n) is 5.51. The Hall–Kier alpha value is -3.60. The van der Waals surface area contributed by atoms with Gasteiger partial charge in [0.1, 0.15) is 11.4 Å². The van der Waals surface area contributed by atoms with Gasteiger partial charge in [0, 0.05) is 12.6 Å². The second kappa shape index (κ2) is 18.3. The molecule has 4 rings (SSSR count). The lowest BCUT2D eigenvalue weighted by Gasteiger charge is -2.31. The lowest BCUT2D eigenvalue weighted by Crippen LogP contribution is -2.41. The number of aryl methyl sites for hydroxylation is 1. The Kier molecular flexibility index (Phi) is 14.5. The number of nitrogens with zero attached hydrogens (tertiary/aromatic N) is 1. The van der Waals surface area contributed by atoms with Gasteiger partial charge in [0.2, 0.25) is 12.2 Å². The third kappa shape index (κ3) is 12.2. The van der Waals surface area contributed by atoms with Gasteiger partial charge in [-0.1, -0.05) is 68.5 Å². The number of rotatable bonds is 13. The Balaban J connectivity index is 0.000000801. The van der Waals surface area contributed by atoms with Crippen LogP contribution in [0.1, 0.15) is 75.3 Å². The van der Waals surface area contributed by atoms with E-state index in [2.05, 4.69) is 22.3 Å². The number of nitrogens with one attached hydrogen (secondary N) is 1. The number of phenolic OH excluding ortho intramolecular Hbond substituents is 1. The summed E-state index contributed by atoms with van der Waals surface area (Å²) in [4.78, 5) is 35.7. The van der Waals surface area contributed by atoms with Gasteiger partial charge < -0.3 is 24.8 Å². The highest BCUT2D eigenvalue weighted by molar-refractivity contribution is 5.97. The molecule has 1 heterocycles. The van der Waals surface area contributed by atoms with Gasteiger partial charge in [0.25, 0.3) is 5.91 Å². The zero-order valence-corrected chi connectivity index (χ0v) is 25.1. The summed E-state index contributed by atoms with van der Waals surface area (Å²) >= 11 is 0. The molecular weight excluding hydrogens is 577 g/mol. The molecule has 0 spiro atoms. The van der Waals surface area contributed by atoms with Crippen LogP contribution in [-0.4, -0.2) is 66.7 Å². The standard InChI is InChI=1S/C31H42N2O5.C2HF3O/c34-27-17-16-25(31-30(27)32-28(35)23-38-31)13-7-4-10-20-33(26-14-8-1-2-9-15-26)29(36)19-22-37-21-18-24-11-5-3-6-12-24;3-2(4,5)1-6/h3,5-6,11-12,16-17,26,34H,1-2,4,7-10,13-15,18-23H2,(H,32,35);1H. The van der Waals surface area contributed by atoms with Crippen molar-refractivity contribution in [3.63, 3.8) is 0 Å². The van der Waals surface area contributed by atoms with E-state index in [1.165, 1.54) is 31.2 Å². The van der Waals surface area contributed by atoms with Crippen LogP contribution in [0.3, 0.4) is 0 Å². The van der Waals surface area contributed by atoms with Crippen molar-refractivity contribution in [3.8, 4) is 11.5 Å². The predicted molar refractivity (Wildman–Crippen MR) is 161 cm³/mol. The van der Waals surface area contributed by atoms with Crippen LogP contribution in [0.5, 0.6) is 11.5 Å². The molecule has 1 aliphatic carbocycles. The van der Waals surface area contributed by atoms with E-state index in [-0.39, 0.29) is 24.2 Å². The van der Waals surface area contributed by atoms with Crippen molar-refractivity contribution in [3.05, 3.63) is 53.6 Å². The number of fused-ring (bicyclic) bond motifs is 1. The van der Waals surface area contributed by atoms with Crippen molar-refractivity contribution in [2.24, 2.45) is 0 Å². The zero-order valence-electron chi connectivity index (χ0n) is 25.1. The molecule has 2 amide bonds. The number of aldehydes is 1. The van der Waals surface area contributed by atoms with Gasteiger partial charge in [-0.25, -0.2) is 0 Å². The topological polar surface area (TPSA) is 105 Å². The van der Waals surface area contributed by atoms with Crippen molar-refractivity contribution in [2.45, 2.75) is 89.3 Å². The van der Waals surface area contributed by atoms with E-state index >= 15 is 0 Å². The van der Waals surface area contributed by atoms with Gasteiger partial charge in [-0.05, 0) is 55.7 Å². The van der Waals surface area contributed by atoms with Gasteiger partial charge in [0.15, 0.2) is 12.4 Å². The van der Waals surface area contributed by atoms with Gasteiger partial charge in [-0.3, -0.25) is 14.4 Å². The van der Waals surface area contributed by atoms with Gasteiger partial charge >= 0.3 is 6.18 Å². The second-order valence-electron chi connectivity index (χ2n) is 11.1. The molecule has 1 fully saturated rings. The Bertz CT molecular complexity index is 1180. The molecule has 2 aliphatic rings. The summed E-state index contributed by atoms with van der Waals surface area (Å²) in [7, 11) is 0. The first kappa shape index (κ1) is 34.9. The number of hydrogen-bond donors (Lipinski definition) is 2. The first-order valence-electron chi connectivity index (χ1n) is 15.4. The summed E-state index contributed by atoms with van der Waals surface area (Å²) in [5, 5.41) is 12.8. The van der Waals surface area contributed by atoms with Crippen molar-refractivity contribution in [2.75, 3.05) is 31.7 Å². The average molecular weight is 621 g/mol. The first-order chi connectivity index (χ1) is 21.2. The average Bonchev–Trinajstić information content (AvgIpc) is 3.30. The molecule has 2 N–H and O–H groups in total. The maximum Gasteiger partial charge on any atom is 0.446 e. The summed E-state index contributed by atoms with van der Waals surface area (Å²) in [5.41, 5.74) is 2.61. The molecule has 242 valence electrons. The maximum absolute atomic E-state index is 13.3. The Morgan fingerprint density at radius 3 is 2.39 bits per heavy atom. The Morgan fingerprint density at radius 2 is 1.70 bits per heavy atom. The highest BCUT2D eigenvalue weighted by Gasteiger charge is 2.26. The molecule has 2 aromatic rings. The van der Waals surface area contributed by atoms with Crippen molar-refractivity contribution < 1.29 is 42.1 Å². The number of carbonyl (C=O) groups excluding carboxylic acids is 3. The number of amides is 2. The predicted octanol–water partition coefficient (Wildman–Crippen LogP) is 6.38. The fraction of sp³-hybridized carbons (Fsp3) is 0.545. The quantitative estimate of drug-likeness (QED) is 0.117. The minimum atomic E-state index is -4.64. The monoisotopic (exact) mass is 620 g/mol. The molecule has 0 bridgehead atoms. The molecule has 0 atom stereocenters. The summed E-state index contributed by atoms with van der Waals surface area (Å²) < 4.78 is 42.7. The minimum Gasteiger partial charge on any atom is -0.506 e. The molecule has 0 aromatic heterocycles. The van der Waals surface area contributed by atoms with E-state index in [0.717, 1.165) is 57.1 Å². The normalized spacial score (nSPS) is 15.1. The van der Waals surface area contributed by atoms with E-state index < -0.39 is 12.5 Å². The highest BCUT2D eigenvalue weighted by Crippen LogP contribution is 2.39. The van der Waals surface area contributed by atoms with E-state index in [1.54, 1.807) is 6.07 Å². The van der Waals surface area contributed by atoms with Gasteiger partial charge in [-0.15, -0.1) is 0 Å². The number of aromatic hydroxyl groups is 1. The van der Waals surface area contributed by atoms with Crippen molar-refractivity contribution in [1.29, 1.82) is 0 Å². The van der Waals surface area contributed by atoms with Crippen LogP contribution >= 0.6 is 0 Å². The van der Waals surface area contributed by atoms with Crippen LogP contribution in [0, 0.1) is 0 Å². The van der Waals surface area contributed by atoms with Crippen LogP contribution in [0.25, 0.3) is 0 Å². The number of carbonyl (C=O) groups is 3. The third-order valence-electron chi connectivity index (χ3n) is 7.73. The molecule has 2 aromatic carbocycles. The molecule has 11 heteroatoms. The summed E-state index contributed by atoms with van der Waals surface area (Å²) in [6.07, 6.45) is 6.42. The molecule has 1 saturated carbocycles. The molecular formula is C33H43F3N2O6. The van der Waals surface area contributed by atoms with Crippen LogP contribution < -0.4 is 10.1 Å². The van der Waals surface area contributed by atoms with Gasteiger partial charge in [-0.2, -0.15) is 13.2 Å². The molecule has 44 heavy (non-hydrogen) atoms. The SMILES string of the molecule is O=C1COc2c(CCCCCN(C(=O)CCOCCc3ccccc3)C3CCCCCC3)ccc(O)c2N1.O=CC(F)(F)F.